The molecule has 124 valence electrons. The largest absolute Gasteiger partial charge is 0.480 e. The van der Waals surface area contributed by atoms with E-state index in [0.717, 1.165) is 5.56 Å². The van der Waals surface area contributed by atoms with Crippen molar-refractivity contribution >= 4 is 34.7 Å². The second kappa shape index (κ2) is 6.88. The van der Waals surface area contributed by atoms with Crippen molar-refractivity contribution in [2.75, 3.05) is 5.73 Å². The van der Waals surface area contributed by atoms with E-state index in [1.54, 1.807) is 0 Å². The predicted molar refractivity (Wildman–Crippen MR) is 92.9 cm³/mol. The molecule has 2 aromatic heterocycles. The first-order valence-corrected chi connectivity index (χ1v) is 8.38. The van der Waals surface area contributed by atoms with Crippen LogP contribution >= 0.6 is 11.8 Å². The minimum Gasteiger partial charge on any atom is -0.480 e. The first kappa shape index (κ1) is 16.3. The number of benzene rings is 1. The van der Waals surface area contributed by atoms with E-state index in [-0.39, 0.29) is 5.82 Å². The number of hydrogen-bond donors (Lipinski definition) is 2. The fraction of sp³-hybridized carbons (Fsp3) is 0.250. The summed E-state index contributed by atoms with van der Waals surface area (Å²) in [4.78, 5) is 24.1. The van der Waals surface area contributed by atoms with Crippen molar-refractivity contribution < 1.29 is 9.90 Å². The van der Waals surface area contributed by atoms with Crippen LogP contribution in [-0.2, 0) is 11.3 Å². The molecule has 0 bridgehead atoms. The number of nitrogens with zero attached hydrogens (tertiary/aromatic N) is 4. The number of rotatable bonds is 6. The molecule has 0 saturated carbocycles. The summed E-state index contributed by atoms with van der Waals surface area (Å²) in [5.41, 5.74) is 8.07. The number of carboxylic acids is 1. The van der Waals surface area contributed by atoms with Gasteiger partial charge in [-0.2, -0.15) is 0 Å². The average molecular weight is 343 g/mol. The molecule has 0 amide bonds. The molecule has 0 spiro atoms. The van der Waals surface area contributed by atoms with Gasteiger partial charge in [0.1, 0.15) is 11.6 Å². The van der Waals surface area contributed by atoms with Crippen LogP contribution in [0.3, 0.4) is 0 Å². The molecule has 0 aliphatic rings. The van der Waals surface area contributed by atoms with Gasteiger partial charge in [-0.15, -0.1) is 0 Å². The Hall–Kier alpha value is -2.61. The molecule has 0 saturated heterocycles. The van der Waals surface area contributed by atoms with Crippen molar-refractivity contribution in [3.63, 3.8) is 0 Å². The van der Waals surface area contributed by atoms with Gasteiger partial charge in [-0.1, -0.05) is 49.0 Å². The lowest BCUT2D eigenvalue weighted by Gasteiger charge is -2.11. The third kappa shape index (κ3) is 3.18. The molecule has 1 atom stereocenters. The van der Waals surface area contributed by atoms with Gasteiger partial charge in [0.15, 0.2) is 22.1 Å². The smallest absolute Gasteiger partial charge is 0.317 e. The monoisotopic (exact) mass is 343 g/mol. The Bertz CT molecular complexity index is 866. The molecule has 0 radical (unpaired) electrons. The van der Waals surface area contributed by atoms with E-state index < -0.39 is 11.2 Å². The van der Waals surface area contributed by atoms with Gasteiger partial charge >= 0.3 is 5.97 Å². The maximum absolute atomic E-state index is 11.4. The van der Waals surface area contributed by atoms with Gasteiger partial charge in [0.2, 0.25) is 0 Å². The molecule has 0 aliphatic heterocycles. The molecular formula is C16H17N5O2S. The lowest BCUT2D eigenvalue weighted by Crippen LogP contribution is -2.16. The molecule has 0 fully saturated rings. The van der Waals surface area contributed by atoms with Crippen molar-refractivity contribution in [1.82, 2.24) is 19.5 Å². The van der Waals surface area contributed by atoms with Crippen molar-refractivity contribution in [3.05, 3.63) is 42.2 Å². The summed E-state index contributed by atoms with van der Waals surface area (Å²) in [5.74, 6) is -0.572. The van der Waals surface area contributed by atoms with E-state index in [1.165, 1.54) is 18.1 Å². The van der Waals surface area contributed by atoms with Crippen LogP contribution in [0.15, 0.2) is 41.8 Å². The lowest BCUT2D eigenvalue weighted by atomic mass is 10.2. The van der Waals surface area contributed by atoms with Gasteiger partial charge < -0.3 is 10.8 Å². The zero-order valence-corrected chi connectivity index (χ0v) is 13.9. The second-order valence-electron chi connectivity index (χ2n) is 5.25. The summed E-state index contributed by atoms with van der Waals surface area (Å²) in [7, 11) is 0. The van der Waals surface area contributed by atoms with Crippen molar-refractivity contribution in [3.8, 4) is 0 Å². The number of imidazole rings is 1. The SMILES string of the molecule is CC[C@H](Sc1nc2c(N)ncnc2n1Cc1ccccc1)C(=O)O. The molecular weight excluding hydrogens is 326 g/mol. The van der Waals surface area contributed by atoms with Crippen molar-refractivity contribution in [2.45, 2.75) is 30.3 Å². The number of anilines is 1. The molecule has 3 aromatic rings. The van der Waals surface area contributed by atoms with Gasteiger partial charge in [-0.25, -0.2) is 15.0 Å². The van der Waals surface area contributed by atoms with Gasteiger partial charge in [-0.05, 0) is 12.0 Å². The molecule has 7 nitrogen and oxygen atoms in total. The average Bonchev–Trinajstić information content (AvgIpc) is 2.92. The Kier molecular flexibility index (Phi) is 4.66. The Morgan fingerprint density at radius 1 is 1.33 bits per heavy atom. The Morgan fingerprint density at radius 3 is 2.75 bits per heavy atom. The highest BCUT2D eigenvalue weighted by atomic mass is 32.2. The highest BCUT2D eigenvalue weighted by Crippen LogP contribution is 2.30. The molecule has 24 heavy (non-hydrogen) atoms. The molecule has 1 aromatic carbocycles. The van der Waals surface area contributed by atoms with Crippen LogP contribution < -0.4 is 5.73 Å². The highest BCUT2D eigenvalue weighted by molar-refractivity contribution is 8.00. The summed E-state index contributed by atoms with van der Waals surface area (Å²) in [6.07, 6.45) is 1.89. The van der Waals surface area contributed by atoms with Gasteiger partial charge in [0, 0.05) is 0 Å². The second-order valence-corrected chi connectivity index (χ2v) is 6.42. The van der Waals surface area contributed by atoms with E-state index in [1.807, 2.05) is 41.8 Å². The van der Waals surface area contributed by atoms with Crippen LogP contribution in [0, 0.1) is 0 Å². The number of carbonyl (C=O) groups is 1. The number of thioether (sulfide) groups is 1. The molecule has 8 heteroatoms. The summed E-state index contributed by atoms with van der Waals surface area (Å²) in [6.45, 7) is 2.37. The maximum Gasteiger partial charge on any atom is 0.317 e. The van der Waals surface area contributed by atoms with Crippen LogP contribution in [0.4, 0.5) is 5.82 Å². The molecule has 2 heterocycles. The number of aromatic nitrogens is 4. The zero-order chi connectivity index (χ0) is 17.1. The third-order valence-electron chi connectivity index (χ3n) is 3.60. The zero-order valence-electron chi connectivity index (χ0n) is 13.1. The Balaban J connectivity index is 2.08. The van der Waals surface area contributed by atoms with Crippen LogP contribution in [0.25, 0.3) is 11.2 Å². The summed E-state index contributed by atoms with van der Waals surface area (Å²) in [5, 5.41) is 9.33. The molecule has 0 unspecified atom stereocenters. The minimum absolute atomic E-state index is 0.289. The van der Waals surface area contributed by atoms with E-state index in [0.29, 0.717) is 29.3 Å². The van der Waals surface area contributed by atoms with Gasteiger partial charge in [-0.3, -0.25) is 9.36 Å². The standard InChI is InChI=1S/C16H17N5O2S/c1-2-11(15(22)23)24-16-20-12-13(17)18-9-19-14(12)21(16)8-10-6-4-3-5-7-10/h3-7,9,11H,2,8H2,1H3,(H,22,23)(H2,17,18,19)/t11-/m0/s1. The number of nitrogens with two attached hydrogens (primary N) is 1. The van der Waals surface area contributed by atoms with Gasteiger partial charge in [0.05, 0.1) is 6.54 Å². The topological polar surface area (TPSA) is 107 Å². The number of fused-ring (bicyclic) bond motifs is 1. The third-order valence-corrected chi connectivity index (χ3v) is 4.94. The lowest BCUT2D eigenvalue weighted by molar-refractivity contribution is -0.136. The number of carboxylic acid groups (broad SMARTS) is 1. The van der Waals surface area contributed by atoms with E-state index in [4.69, 9.17) is 5.73 Å². The quantitative estimate of drug-likeness (QED) is 0.662. The van der Waals surface area contributed by atoms with Crippen molar-refractivity contribution in [1.29, 1.82) is 0 Å². The van der Waals surface area contributed by atoms with Gasteiger partial charge in [0.25, 0.3) is 0 Å². The van der Waals surface area contributed by atoms with Crippen LogP contribution in [-0.4, -0.2) is 35.8 Å². The molecule has 3 N–H and O–H groups in total. The van der Waals surface area contributed by atoms with Crippen LogP contribution in [0.5, 0.6) is 0 Å². The fourth-order valence-corrected chi connectivity index (χ4v) is 3.31. The summed E-state index contributed by atoms with van der Waals surface area (Å²) in [6, 6.07) is 9.86. The van der Waals surface area contributed by atoms with Crippen molar-refractivity contribution in [2.24, 2.45) is 0 Å². The fourth-order valence-electron chi connectivity index (χ4n) is 2.37. The normalized spacial score (nSPS) is 12.4. The van der Waals surface area contributed by atoms with E-state index in [9.17, 15) is 9.90 Å². The number of nitrogen functional groups attached to an aromatic ring is 1. The minimum atomic E-state index is -0.861. The van der Waals surface area contributed by atoms with Crippen LogP contribution in [0.2, 0.25) is 0 Å². The Labute approximate surface area is 142 Å². The van der Waals surface area contributed by atoms with E-state index >= 15 is 0 Å². The number of hydrogen-bond acceptors (Lipinski definition) is 6. The Morgan fingerprint density at radius 2 is 2.08 bits per heavy atom. The highest BCUT2D eigenvalue weighted by Gasteiger charge is 2.22. The predicted octanol–water partition coefficient (Wildman–Crippen LogP) is 2.41. The molecule has 0 aliphatic carbocycles. The summed E-state index contributed by atoms with van der Waals surface area (Å²) < 4.78 is 1.89. The first-order valence-electron chi connectivity index (χ1n) is 7.50. The van der Waals surface area contributed by atoms with Crippen LogP contribution in [0.1, 0.15) is 18.9 Å². The molecule has 3 rings (SSSR count). The maximum atomic E-state index is 11.4. The number of aliphatic carboxylic acids is 1. The first-order chi connectivity index (χ1) is 11.6. The summed E-state index contributed by atoms with van der Waals surface area (Å²) >= 11 is 1.21. The van der Waals surface area contributed by atoms with E-state index in [2.05, 4.69) is 15.0 Å².